The summed E-state index contributed by atoms with van der Waals surface area (Å²) in [5.74, 6) is -14.1. The van der Waals surface area contributed by atoms with Crippen LogP contribution in [0.15, 0.2) is 89.9 Å². The first kappa shape index (κ1) is 32.5. The maximum absolute atomic E-state index is 14.6. The molecular weight excluding hydrogens is 609 g/mol. The number of likely N-dealkylation sites (tertiary alicyclic amines) is 1. The maximum Gasteiger partial charge on any atom is 0.331 e. The standard InChI is InChI=1S/C34H28F5N3O4/c35-25-24(26(36)28(38)29(39)27(25)37)32(43)31(34(45)46)41-30(20-12-5-2-6-13-20)21-14-7-8-15-22(21)40-33(44)23-16-9-17-42(23)18-19-10-3-1-4-11-19/h1-8,10-15,23,31-32,43H,9,16-18H2,(H,40,44)(H,45,46)/t23-,31+,32+/m0/s1. The van der Waals surface area contributed by atoms with E-state index in [-0.39, 0.29) is 28.4 Å². The zero-order chi connectivity index (χ0) is 33.0. The van der Waals surface area contributed by atoms with Gasteiger partial charge in [-0.2, -0.15) is 0 Å². The highest BCUT2D eigenvalue weighted by Crippen LogP contribution is 2.32. The predicted octanol–water partition coefficient (Wildman–Crippen LogP) is 6.01. The quantitative estimate of drug-likeness (QED) is 0.0856. The Morgan fingerprint density at radius 3 is 2.02 bits per heavy atom. The third-order valence-corrected chi connectivity index (χ3v) is 7.74. The molecule has 5 rings (SSSR count). The van der Waals surface area contributed by atoms with E-state index in [0.29, 0.717) is 19.5 Å². The molecule has 0 aromatic heterocycles. The van der Waals surface area contributed by atoms with Crippen LogP contribution < -0.4 is 5.32 Å². The number of anilines is 1. The summed E-state index contributed by atoms with van der Waals surface area (Å²) in [6, 6.07) is 21.0. The number of carbonyl (C=O) groups excluding carboxylic acids is 1. The van der Waals surface area contributed by atoms with Gasteiger partial charge in [0, 0.05) is 17.7 Å². The van der Waals surface area contributed by atoms with E-state index in [0.717, 1.165) is 12.0 Å². The number of amides is 1. The van der Waals surface area contributed by atoms with Crippen LogP contribution in [-0.2, 0) is 16.1 Å². The lowest BCUT2D eigenvalue weighted by Gasteiger charge is -2.25. The van der Waals surface area contributed by atoms with Crippen LogP contribution in [0.2, 0.25) is 0 Å². The molecule has 0 unspecified atom stereocenters. The summed E-state index contributed by atoms with van der Waals surface area (Å²) in [5, 5.41) is 23.7. The van der Waals surface area contributed by atoms with Gasteiger partial charge in [-0.3, -0.25) is 14.7 Å². The second-order valence-electron chi connectivity index (χ2n) is 10.7. The molecule has 1 fully saturated rings. The van der Waals surface area contributed by atoms with Crippen LogP contribution in [-0.4, -0.2) is 51.3 Å². The average molecular weight is 638 g/mol. The number of carboxylic acid groups (broad SMARTS) is 1. The molecule has 238 valence electrons. The van der Waals surface area contributed by atoms with Crippen LogP contribution >= 0.6 is 0 Å². The Kier molecular flexibility index (Phi) is 9.88. The lowest BCUT2D eigenvalue weighted by Crippen LogP contribution is -2.39. The van der Waals surface area contributed by atoms with E-state index in [2.05, 4.69) is 10.3 Å². The van der Waals surface area contributed by atoms with Gasteiger partial charge in [0.1, 0.15) is 6.10 Å². The van der Waals surface area contributed by atoms with Crippen molar-refractivity contribution in [2.24, 2.45) is 4.99 Å². The third-order valence-electron chi connectivity index (χ3n) is 7.74. The highest BCUT2D eigenvalue weighted by Gasteiger charge is 2.37. The van der Waals surface area contributed by atoms with Crippen molar-refractivity contribution < 1.29 is 41.8 Å². The summed E-state index contributed by atoms with van der Waals surface area (Å²) in [4.78, 5) is 32.1. The van der Waals surface area contributed by atoms with E-state index >= 15 is 0 Å². The van der Waals surface area contributed by atoms with E-state index in [1.54, 1.807) is 48.5 Å². The highest BCUT2D eigenvalue weighted by atomic mass is 19.2. The fraction of sp³-hybridized carbons (Fsp3) is 0.206. The summed E-state index contributed by atoms with van der Waals surface area (Å²) in [7, 11) is 0. The molecule has 0 aliphatic carbocycles. The molecule has 1 amide bonds. The van der Waals surface area contributed by atoms with Crippen molar-refractivity contribution in [3.8, 4) is 0 Å². The number of aliphatic hydroxyl groups is 1. The first-order chi connectivity index (χ1) is 22.1. The van der Waals surface area contributed by atoms with Crippen molar-refractivity contribution in [2.75, 3.05) is 11.9 Å². The number of aliphatic imine (C=N–C) groups is 1. The number of nitrogens with one attached hydrogen (secondary N) is 1. The smallest absolute Gasteiger partial charge is 0.331 e. The maximum atomic E-state index is 14.6. The lowest BCUT2D eigenvalue weighted by molar-refractivity contribution is -0.141. The van der Waals surface area contributed by atoms with Crippen molar-refractivity contribution in [3.05, 3.63) is 136 Å². The molecule has 46 heavy (non-hydrogen) atoms. The van der Waals surface area contributed by atoms with Crippen LogP contribution in [0.25, 0.3) is 0 Å². The van der Waals surface area contributed by atoms with E-state index in [1.807, 2.05) is 35.2 Å². The van der Waals surface area contributed by atoms with Crippen molar-refractivity contribution in [1.82, 2.24) is 4.90 Å². The van der Waals surface area contributed by atoms with Gasteiger partial charge >= 0.3 is 5.97 Å². The van der Waals surface area contributed by atoms with Crippen molar-refractivity contribution in [3.63, 3.8) is 0 Å². The Bertz CT molecular complexity index is 1740. The normalized spacial score (nSPS) is 16.7. The van der Waals surface area contributed by atoms with Gasteiger partial charge in [-0.1, -0.05) is 78.9 Å². The number of para-hydroxylation sites is 1. The summed E-state index contributed by atoms with van der Waals surface area (Å²) in [6.45, 7) is 1.24. The summed E-state index contributed by atoms with van der Waals surface area (Å²) >= 11 is 0. The second-order valence-corrected chi connectivity index (χ2v) is 10.7. The Balaban J connectivity index is 1.54. The van der Waals surface area contributed by atoms with Crippen molar-refractivity contribution in [2.45, 2.75) is 37.6 Å². The predicted molar refractivity (Wildman–Crippen MR) is 160 cm³/mol. The SMILES string of the molecule is O=C(O)[C@H](N=C(c1ccccc1)c1ccccc1NC(=O)[C@@H]1CCCN1Cc1ccccc1)[C@H](O)c1c(F)c(F)c(F)c(F)c1F. The first-order valence-corrected chi connectivity index (χ1v) is 14.3. The molecule has 0 saturated carbocycles. The Hall–Kier alpha value is -4.94. The van der Waals surface area contributed by atoms with Crippen molar-refractivity contribution >= 4 is 23.3 Å². The Morgan fingerprint density at radius 1 is 0.826 bits per heavy atom. The molecule has 0 spiro atoms. The number of hydrogen-bond acceptors (Lipinski definition) is 5. The van der Waals surface area contributed by atoms with Crippen molar-refractivity contribution in [1.29, 1.82) is 0 Å². The van der Waals surface area contributed by atoms with Gasteiger partial charge in [-0.05, 0) is 31.0 Å². The van der Waals surface area contributed by atoms with Gasteiger partial charge in [0.15, 0.2) is 29.3 Å². The Morgan fingerprint density at radius 2 is 1.39 bits per heavy atom. The van der Waals surface area contributed by atoms with Crippen LogP contribution in [0.1, 0.15) is 41.2 Å². The first-order valence-electron chi connectivity index (χ1n) is 14.3. The van der Waals surface area contributed by atoms with E-state index < -0.39 is 58.8 Å². The van der Waals surface area contributed by atoms with E-state index in [9.17, 15) is 41.8 Å². The topological polar surface area (TPSA) is 102 Å². The highest BCUT2D eigenvalue weighted by molar-refractivity contribution is 6.17. The number of hydrogen-bond donors (Lipinski definition) is 3. The fourth-order valence-corrected chi connectivity index (χ4v) is 5.48. The van der Waals surface area contributed by atoms with Gasteiger partial charge in [0.05, 0.1) is 23.0 Å². The van der Waals surface area contributed by atoms with E-state index in [1.165, 1.54) is 6.07 Å². The molecule has 1 saturated heterocycles. The minimum atomic E-state index is -2.78. The van der Waals surface area contributed by atoms with E-state index in [4.69, 9.17) is 0 Å². The monoisotopic (exact) mass is 637 g/mol. The number of carbonyl (C=O) groups is 2. The molecule has 0 bridgehead atoms. The number of benzene rings is 4. The van der Waals surface area contributed by atoms with Gasteiger partial charge < -0.3 is 15.5 Å². The molecule has 1 heterocycles. The number of rotatable bonds is 10. The van der Waals surface area contributed by atoms with Crippen LogP contribution in [0.4, 0.5) is 27.6 Å². The Labute approximate surface area is 260 Å². The fourth-order valence-electron chi connectivity index (χ4n) is 5.48. The average Bonchev–Trinajstić information content (AvgIpc) is 3.53. The number of aliphatic hydroxyl groups excluding tert-OH is 1. The lowest BCUT2D eigenvalue weighted by atomic mass is 9.97. The number of halogens is 5. The number of aliphatic carboxylic acids is 1. The van der Waals surface area contributed by atoms with Crippen LogP contribution in [0.3, 0.4) is 0 Å². The summed E-state index contributed by atoms with van der Waals surface area (Å²) in [6.07, 6.45) is -1.40. The minimum Gasteiger partial charge on any atom is -0.480 e. The molecule has 1 aliphatic rings. The second kappa shape index (κ2) is 14.0. The number of carboxylic acids is 1. The van der Waals surface area contributed by atoms with Crippen LogP contribution in [0, 0.1) is 29.1 Å². The number of nitrogens with zero attached hydrogens (tertiary/aromatic N) is 2. The molecule has 12 heteroatoms. The van der Waals surface area contributed by atoms with Gasteiger partial charge in [-0.15, -0.1) is 0 Å². The molecule has 0 radical (unpaired) electrons. The summed E-state index contributed by atoms with van der Waals surface area (Å²) in [5.41, 5.74) is -0.137. The molecule has 1 aliphatic heterocycles. The van der Waals surface area contributed by atoms with Gasteiger partial charge in [0.25, 0.3) is 0 Å². The molecule has 7 nitrogen and oxygen atoms in total. The minimum absolute atomic E-state index is 0.126. The molecule has 4 aromatic rings. The third kappa shape index (κ3) is 6.68. The summed E-state index contributed by atoms with van der Waals surface area (Å²) < 4.78 is 70.8. The van der Waals surface area contributed by atoms with Crippen LogP contribution in [0.5, 0.6) is 0 Å². The molecule has 4 aromatic carbocycles. The largest absolute Gasteiger partial charge is 0.480 e. The molecule has 3 atom stereocenters. The zero-order valence-electron chi connectivity index (χ0n) is 24.1. The molecular formula is C34H28F5N3O4. The molecule has 3 N–H and O–H groups in total. The van der Waals surface area contributed by atoms with Gasteiger partial charge in [-0.25, -0.2) is 26.7 Å². The van der Waals surface area contributed by atoms with Gasteiger partial charge in [0.2, 0.25) is 11.7 Å². The zero-order valence-corrected chi connectivity index (χ0v) is 24.1.